The Morgan fingerprint density at radius 3 is 1.77 bits per heavy atom. The van der Waals surface area contributed by atoms with Crippen molar-refractivity contribution in [2.75, 3.05) is 32.8 Å². The molecule has 0 amide bonds. The molecule has 0 aromatic rings. The van der Waals surface area contributed by atoms with Crippen molar-refractivity contribution in [1.29, 1.82) is 0 Å². The van der Waals surface area contributed by atoms with Crippen LogP contribution in [0.1, 0.15) is 26.7 Å². The summed E-state index contributed by atoms with van der Waals surface area (Å²) >= 11 is 0. The first-order valence-corrected chi connectivity index (χ1v) is 5.14. The van der Waals surface area contributed by atoms with E-state index in [0.717, 1.165) is 32.5 Å². The van der Waals surface area contributed by atoms with Gasteiger partial charge in [0.05, 0.1) is 0 Å². The molecule has 0 radical (unpaired) electrons. The van der Waals surface area contributed by atoms with Gasteiger partial charge in [-0.15, -0.1) is 0 Å². The zero-order valence-electron chi connectivity index (χ0n) is 8.87. The minimum atomic E-state index is 0.258. The summed E-state index contributed by atoms with van der Waals surface area (Å²) in [5, 5.41) is 17.4. The van der Waals surface area contributed by atoms with Gasteiger partial charge in [-0.05, 0) is 18.8 Å². The largest absolute Gasteiger partial charge is 0.396 e. The summed E-state index contributed by atoms with van der Waals surface area (Å²) < 4.78 is 0. The van der Waals surface area contributed by atoms with Crippen LogP contribution in [0.3, 0.4) is 0 Å². The Labute approximate surface area is 81.4 Å². The monoisotopic (exact) mass is 189 g/mol. The van der Waals surface area contributed by atoms with Gasteiger partial charge in [0, 0.05) is 32.8 Å². The molecule has 13 heavy (non-hydrogen) atoms. The van der Waals surface area contributed by atoms with Crippen molar-refractivity contribution in [2.45, 2.75) is 26.7 Å². The lowest BCUT2D eigenvalue weighted by atomic mass is 10.2. The normalized spacial score (nSPS) is 11.5. The lowest BCUT2D eigenvalue weighted by Crippen LogP contribution is -2.30. The molecule has 0 aliphatic carbocycles. The molecule has 0 aromatic carbocycles. The molecule has 0 unspecified atom stereocenters. The van der Waals surface area contributed by atoms with Gasteiger partial charge in [-0.1, -0.05) is 13.8 Å². The van der Waals surface area contributed by atoms with E-state index in [1.54, 1.807) is 0 Å². The molecule has 0 rings (SSSR count). The molecule has 0 aliphatic heterocycles. The van der Waals surface area contributed by atoms with E-state index in [9.17, 15) is 0 Å². The molecule has 0 aromatic heterocycles. The van der Waals surface area contributed by atoms with E-state index in [0.29, 0.717) is 5.92 Å². The molecule has 0 heterocycles. The second-order valence-corrected chi connectivity index (χ2v) is 3.85. The highest BCUT2D eigenvalue weighted by molar-refractivity contribution is 4.60. The molecular weight excluding hydrogens is 166 g/mol. The van der Waals surface area contributed by atoms with Gasteiger partial charge in [-0.25, -0.2) is 0 Å². The highest BCUT2D eigenvalue weighted by atomic mass is 16.3. The molecule has 0 bridgehead atoms. The topological polar surface area (TPSA) is 43.7 Å². The third-order valence-corrected chi connectivity index (χ3v) is 1.89. The van der Waals surface area contributed by atoms with Crippen molar-refractivity contribution in [3.8, 4) is 0 Å². The van der Waals surface area contributed by atoms with E-state index in [-0.39, 0.29) is 13.2 Å². The van der Waals surface area contributed by atoms with Crippen LogP contribution in [0.25, 0.3) is 0 Å². The van der Waals surface area contributed by atoms with E-state index in [4.69, 9.17) is 10.2 Å². The molecule has 0 fully saturated rings. The van der Waals surface area contributed by atoms with Gasteiger partial charge in [0.25, 0.3) is 0 Å². The zero-order valence-corrected chi connectivity index (χ0v) is 8.87. The number of aliphatic hydroxyl groups excluding tert-OH is 2. The number of aliphatic hydroxyl groups is 2. The van der Waals surface area contributed by atoms with Crippen LogP contribution in [-0.4, -0.2) is 48.0 Å². The van der Waals surface area contributed by atoms with Crippen molar-refractivity contribution in [3.05, 3.63) is 0 Å². The maximum absolute atomic E-state index is 8.70. The molecule has 2 N–H and O–H groups in total. The lowest BCUT2D eigenvalue weighted by molar-refractivity contribution is 0.188. The molecule has 0 aliphatic rings. The van der Waals surface area contributed by atoms with Crippen molar-refractivity contribution < 1.29 is 10.2 Å². The summed E-state index contributed by atoms with van der Waals surface area (Å²) in [7, 11) is 0. The molecule has 0 saturated heterocycles. The third-order valence-electron chi connectivity index (χ3n) is 1.89. The predicted octanol–water partition coefficient (Wildman–Crippen LogP) is 0.709. The van der Waals surface area contributed by atoms with Crippen LogP contribution in [0.5, 0.6) is 0 Å². The Morgan fingerprint density at radius 1 is 1.00 bits per heavy atom. The van der Waals surface area contributed by atoms with Crippen LogP contribution in [0.2, 0.25) is 0 Å². The van der Waals surface area contributed by atoms with Crippen LogP contribution in [0, 0.1) is 5.92 Å². The highest BCUT2D eigenvalue weighted by Crippen LogP contribution is 2.00. The Hall–Kier alpha value is -0.120. The van der Waals surface area contributed by atoms with Crippen LogP contribution < -0.4 is 0 Å². The number of hydrogen-bond donors (Lipinski definition) is 2. The number of rotatable bonds is 8. The van der Waals surface area contributed by atoms with Crippen LogP contribution in [0.15, 0.2) is 0 Å². The average molecular weight is 189 g/mol. The Morgan fingerprint density at radius 2 is 1.46 bits per heavy atom. The standard InChI is InChI=1S/C10H23NO2/c1-10(2)9-11(5-3-7-12)6-4-8-13/h10,12-13H,3-9H2,1-2H3. The van der Waals surface area contributed by atoms with Gasteiger partial charge >= 0.3 is 0 Å². The molecule has 3 heteroatoms. The smallest absolute Gasteiger partial charge is 0.0443 e. The second kappa shape index (κ2) is 8.48. The summed E-state index contributed by atoms with van der Waals surface area (Å²) in [6.07, 6.45) is 1.66. The van der Waals surface area contributed by atoms with Crippen molar-refractivity contribution >= 4 is 0 Å². The molecule has 3 nitrogen and oxygen atoms in total. The summed E-state index contributed by atoms with van der Waals surface area (Å²) in [5.74, 6) is 0.650. The van der Waals surface area contributed by atoms with Gasteiger partial charge in [-0.2, -0.15) is 0 Å². The van der Waals surface area contributed by atoms with E-state index >= 15 is 0 Å². The Balaban J connectivity index is 3.60. The van der Waals surface area contributed by atoms with E-state index in [1.165, 1.54) is 0 Å². The van der Waals surface area contributed by atoms with Crippen LogP contribution in [-0.2, 0) is 0 Å². The molecule has 0 saturated carbocycles. The summed E-state index contributed by atoms with van der Waals surface area (Å²) in [6.45, 7) is 7.82. The number of nitrogens with zero attached hydrogens (tertiary/aromatic N) is 1. The van der Waals surface area contributed by atoms with Crippen molar-refractivity contribution in [2.24, 2.45) is 5.92 Å². The second-order valence-electron chi connectivity index (χ2n) is 3.85. The first kappa shape index (κ1) is 12.9. The van der Waals surface area contributed by atoms with Crippen LogP contribution >= 0.6 is 0 Å². The fourth-order valence-corrected chi connectivity index (χ4v) is 1.40. The minimum Gasteiger partial charge on any atom is -0.396 e. The van der Waals surface area contributed by atoms with Gasteiger partial charge < -0.3 is 15.1 Å². The zero-order chi connectivity index (χ0) is 10.1. The first-order valence-electron chi connectivity index (χ1n) is 5.14. The quantitative estimate of drug-likeness (QED) is 0.591. The van der Waals surface area contributed by atoms with Gasteiger partial charge in [0.15, 0.2) is 0 Å². The Bertz CT molecular complexity index is 99.1. The summed E-state index contributed by atoms with van der Waals surface area (Å²) in [5.41, 5.74) is 0. The molecule has 0 spiro atoms. The fourth-order valence-electron chi connectivity index (χ4n) is 1.40. The lowest BCUT2D eigenvalue weighted by Gasteiger charge is -2.23. The maximum atomic E-state index is 8.70. The van der Waals surface area contributed by atoms with Crippen molar-refractivity contribution in [3.63, 3.8) is 0 Å². The average Bonchev–Trinajstić information content (AvgIpc) is 2.09. The van der Waals surface area contributed by atoms with Crippen molar-refractivity contribution in [1.82, 2.24) is 4.90 Å². The SMILES string of the molecule is CC(C)CN(CCCO)CCCO. The number of hydrogen-bond acceptors (Lipinski definition) is 3. The summed E-state index contributed by atoms with van der Waals surface area (Å²) in [6, 6.07) is 0. The Kier molecular flexibility index (Phi) is 8.40. The van der Waals surface area contributed by atoms with Gasteiger partial charge in [0.2, 0.25) is 0 Å². The van der Waals surface area contributed by atoms with Gasteiger partial charge in [0.1, 0.15) is 0 Å². The molecule has 80 valence electrons. The third kappa shape index (κ3) is 8.22. The fraction of sp³-hybridized carbons (Fsp3) is 1.00. The molecular formula is C10H23NO2. The predicted molar refractivity (Wildman–Crippen MR) is 54.7 cm³/mol. The molecule has 0 atom stereocenters. The van der Waals surface area contributed by atoms with Gasteiger partial charge in [-0.3, -0.25) is 0 Å². The first-order chi connectivity index (χ1) is 6.20. The summed E-state index contributed by atoms with van der Waals surface area (Å²) in [4.78, 5) is 2.30. The highest BCUT2D eigenvalue weighted by Gasteiger charge is 2.05. The van der Waals surface area contributed by atoms with E-state index in [1.807, 2.05) is 0 Å². The van der Waals surface area contributed by atoms with Crippen LogP contribution in [0.4, 0.5) is 0 Å². The van der Waals surface area contributed by atoms with E-state index < -0.39 is 0 Å². The maximum Gasteiger partial charge on any atom is 0.0443 e. The van der Waals surface area contributed by atoms with E-state index in [2.05, 4.69) is 18.7 Å². The minimum absolute atomic E-state index is 0.258.